The van der Waals surface area contributed by atoms with E-state index in [-0.39, 0.29) is 18.4 Å². The predicted octanol–water partition coefficient (Wildman–Crippen LogP) is 3.66. The number of ether oxygens (including phenoxy) is 2. The first kappa shape index (κ1) is 24.8. The van der Waals surface area contributed by atoms with Crippen LogP contribution in [0.15, 0.2) is 47.6 Å². The third-order valence-electron chi connectivity index (χ3n) is 4.34. The number of para-hydroxylation sites is 1. The highest BCUT2D eigenvalue weighted by molar-refractivity contribution is 6.30. The lowest BCUT2D eigenvalue weighted by atomic mass is 10.0. The SMILES string of the molecule is C#CCOc1c(/C=N/NC(=O)C(CC(C)C)NC(=O)c2ccc(Cl)cc2)cccc1OC. The lowest BCUT2D eigenvalue weighted by Gasteiger charge is -2.19. The number of amides is 2. The number of nitrogens with zero attached hydrogens (tertiary/aromatic N) is 1. The van der Waals surface area contributed by atoms with Crippen molar-refractivity contribution in [3.63, 3.8) is 0 Å². The second kappa shape index (κ2) is 12.4. The third kappa shape index (κ3) is 7.33. The number of halogens is 1. The number of hydrazone groups is 1. The van der Waals surface area contributed by atoms with E-state index in [2.05, 4.69) is 21.8 Å². The van der Waals surface area contributed by atoms with Gasteiger partial charge in [0.15, 0.2) is 11.5 Å². The van der Waals surface area contributed by atoms with E-state index in [0.29, 0.717) is 34.1 Å². The molecule has 0 spiro atoms. The first-order valence-corrected chi connectivity index (χ1v) is 10.4. The Kier molecular flexibility index (Phi) is 9.58. The van der Waals surface area contributed by atoms with Crippen LogP contribution in [0.5, 0.6) is 11.5 Å². The Morgan fingerprint density at radius 2 is 1.94 bits per heavy atom. The van der Waals surface area contributed by atoms with Crippen molar-refractivity contribution in [2.24, 2.45) is 11.0 Å². The lowest BCUT2D eigenvalue weighted by Crippen LogP contribution is -2.46. The first-order chi connectivity index (χ1) is 15.3. The van der Waals surface area contributed by atoms with Crippen LogP contribution < -0.4 is 20.2 Å². The van der Waals surface area contributed by atoms with Gasteiger partial charge < -0.3 is 14.8 Å². The molecule has 2 aromatic rings. The van der Waals surface area contributed by atoms with Crippen LogP contribution in [0.2, 0.25) is 5.02 Å². The Balaban J connectivity index is 2.11. The van der Waals surface area contributed by atoms with Crippen molar-refractivity contribution >= 4 is 29.6 Å². The van der Waals surface area contributed by atoms with Gasteiger partial charge in [-0.05, 0) is 48.7 Å². The van der Waals surface area contributed by atoms with Crippen LogP contribution in [0.1, 0.15) is 36.2 Å². The fourth-order valence-electron chi connectivity index (χ4n) is 2.85. The topological polar surface area (TPSA) is 89.0 Å². The van der Waals surface area contributed by atoms with Gasteiger partial charge in [0.05, 0.1) is 13.3 Å². The minimum absolute atomic E-state index is 0.0563. The van der Waals surface area contributed by atoms with Crippen molar-refractivity contribution in [1.82, 2.24) is 10.7 Å². The van der Waals surface area contributed by atoms with Crippen LogP contribution >= 0.6 is 11.6 Å². The highest BCUT2D eigenvalue weighted by Gasteiger charge is 2.22. The summed E-state index contributed by atoms with van der Waals surface area (Å²) in [5.74, 6) is 2.66. The molecule has 0 fully saturated rings. The molecule has 0 aliphatic carbocycles. The zero-order valence-electron chi connectivity index (χ0n) is 18.2. The van der Waals surface area contributed by atoms with Crippen molar-refractivity contribution < 1.29 is 19.1 Å². The van der Waals surface area contributed by atoms with Crippen LogP contribution in [-0.4, -0.2) is 37.8 Å². The Hall–Kier alpha value is -3.50. The van der Waals surface area contributed by atoms with Crippen LogP contribution in [0.3, 0.4) is 0 Å². The van der Waals surface area contributed by atoms with Crippen molar-refractivity contribution in [3.05, 3.63) is 58.6 Å². The summed E-state index contributed by atoms with van der Waals surface area (Å²) in [5.41, 5.74) is 3.46. The number of rotatable bonds is 10. The number of carbonyl (C=O) groups excluding carboxylic acids is 2. The van der Waals surface area contributed by atoms with E-state index in [1.807, 2.05) is 13.8 Å². The number of hydrogen-bond donors (Lipinski definition) is 2. The molecule has 0 radical (unpaired) electrons. The molecule has 32 heavy (non-hydrogen) atoms. The molecule has 0 aliphatic heterocycles. The fraction of sp³-hybridized carbons (Fsp3) is 0.292. The molecule has 2 rings (SSSR count). The van der Waals surface area contributed by atoms with Crippen LogP contribution in [-0.2, 0) is 4.79 Å². The lowest BCUT2D eigenvalue weighted by molar-refractivity contribution is -0.123. The van der Waals surface area contributed by atoms with Gasteiger partial charge in [0.1, 0.15) is 12.6 Å². The van der Waals surface area contributed by atoms with E-state index >= 15 is 0 Å². The van der Waals surface area contributed by atoms with Crippen molar-refractivity contribution in [1.29, 1.82) is 0 Å². The summed E-state index contributed by atoms with van der Waals surface area (Å²) >= 11 is 5.87. The molecule has 1 unspecified atom stereocenters. The van der Waals surface area contributed by atoms with E-state index in [1.165, 1.54) is 13.3 Å². The summed E-state index contributed by atoms with van der Waals surface area (Å²) in [6, 6.07) is 10.9. The maximum Gasteiger partial charge on any atom is 0.262 e. The van der Waals surface area contributed by atoms with E-state index in [1.54, 1.807) is 42.5 Å². The average molecular weight is 456 g/mol. The van der Waals surface area contributed by atoms with Crippen molar-refractivity contribution in [2.45, 2.75) is 26.3 Å². The van der Waals surface area contributed by atoms with Gasteiger partial charge in [-0.25, -0.2) is 5.43 Å². The smallest absolute Gasteiger partial charge is 0.262 e. The zero-order valence-corrected chi connectivity index (χ0v) is 19.0. The van der Waals surface area contributed by atoms with Gasteiger partial charge in [-0.3, -0.25) is 9.59 Å². The molecule has 2 aromatic carbocycles. The molecule has 0 bridgehead atoms. The van der Waals surface area contributed by atoms with Gasteiger partial charge in [-0.2, -0.15) is 5.10 Å². The molecule has 0 saturated carbocycles. The monoisotopic (exact) mass is 455 g/mol. The molecule has 7 nitrogen and oxygen atoms in total. The molecule has 0 aromatic heterocycles. The second-order valence-corrected chi connectivity index (χ2v) is 7.70. The number of terminal acetylenes is 1. The van der Waals surface area contributed by atoms with Crippen molar-refractivity contribution in [3.8, 4) is 23.8 Å². The quantitative estimate of drug-likeness (QED) is 0.325. The summed E-state index contributed by atoms with van der Waals surface area (Å²) in [6.07, 6.45) is 7.14. The summed E-state index contributed by atoms with van der Waals surface area (Å²) in [6.45, 7) is 3.98. The highest BCUT2D eigenvalue weighted by Crippen LogP contribution is 2.29. The van der Waals surface area contributed by atoms with E-state index < -0.39 is 11.9 Å². The normalized spacial score (nSPS) is 11.6. The Bertz CT molecular complexity index is 997. The number of carbonyl (C=O) groups is 2. The van der Waals surface area contributed by atoms with Gasteiger partial charge >= 0.3 is 0 Å². The predicted molar refractivity (Wildman–Crippen MR) is 125 cm³/mol. The molecule has 0 heterocycles. The Morgan fingerprint density at radius 1 is 1.22 bits per heavy atom. The molecule has 168 valence electrons. The number of nitrogens with one attached hydrogen (secondary N) is 2. The minimum atomic E-state index is -0.766. The van der Waals surface area contributed by atoms with Crippen LogP contribution in [0.25, 0.3) is 0 Å². The number of hydrogen-bond acceptors (Lipinski definition) is 5. The van der Waals surface area contributed by atoms with Gasteiger partial charge in [0.2, 0.25) is 0 Å². The summed E-state index contributed by atoms with van der Waals surface area (Å²) in [5, 5.41) is 7.30. The van der Waals surface area contributed by atoms with Gasteiger partial charge in [-0.15, -0.1) is 6.42 Å². The van der Waals surface area contributed by atoms with E-state index in [4.69, 9.17) is 27.5 Å². The number of benzene rings is 2. The van der Waals surface area contributed by atoms with E-state index in [0.717, 1.165) is 0 Å². The highest BCUT2D eigenvalue weighted by atomic mass is 35.5. The molecule has 0 aliphatic rings. The third-order valence-corrected chi connectivity index (χ3v) is 4.59. The van der Waals surface area contributed by atoms with Crippen molar-refractivity contribution in [2.75, 3.05) is 13.7 Å². The number of methoxy groups -OCH3 is 1. The standard InChI is InChI=1S/C24H26ClN3O4/c1-5-13-32-22-18(7-6-8-21(22)31-4)15-26-28-24(30)20(14-16(2)3)27-23(29)17-9-11-19(25)12-10-17/h1,6-12,15-16,20H,13-14H2,2-4H3,(H,27,29)(H,28,30)/b26-15+. The first-order valence-electron chi connectivity index (χ1n) is 9.98. The zero-order chi connectivity index (χ0) is 23.5. The van der Waals surface area contributed by atoms with E-state index in [9.17, 15) is 9.59 Å². The Labute approximate surface area is 193 Å². The molecule has 8 heteroatoms. The van der Waals surface area contributed by atoms with Gasteiger partial charge in [-0.1, -0.05) is 37.4 Å². The average Bonchev–Trinajstić information content (AvgIpc) is 2.77. The summed E-state index contributed by atoms with van der Waals surface area (Å²) in [7, 11) is 1.51. The van der Waals surface area contributed by atoms with Gasteiger partial charge in [0.25, 0.3) is 11.8 Å². The molecular weight excluding hydrogens is 430 g/mol. The summed E-state index contributed by atoms with van der Waals surface area (Å²) in [4.78, 5) is 25.3. The minimum Gasteiger partial charge on any atom is -0.493 e. The van der Waals surface area contributed by atoms with Gasteiger partial charge in [0, 0.05) is 16.1 Å². The molecule has 2 N–H and O–H groups in total. The maximum atomic E-state index is 12.7. The Morgan fingerprint density at radius 3 is 2.56 bits per heavy atom. The summed E-state index contributed by atoms with van der Waals surface area (Å²) < 4.78 is 10.8. The maximum absolute atomic E-state index is 12.7. The molecule has 2 amide bonds. The molecule has 1 atom stereocenters. The largest absolute Gasteiger partial charge is 0.493 e. The molecule has 0 saturated heterocycles. The molecular formula is C24H26ClN3O4. The fourth-order valence-corrected chi connectivity index (χ4v) is 2.98. The second-order valence-electron chi connectivity index (χ2n) is 7.27. The van der Waals surface area contributed by atoms with Crippen LogP contribution in [0.4, 0.5) is 0 Å². The van der Waals surface area contributed by atoms with Crippen LogP contribution in [0, 0.1) is 18.3 Å².